The monoisotopic (exact) mass is 258 g/mol. The summed E-state index contributed by atoms with van der Waals surface area (Å²) in [5.41, 5.74) is 0. The zero-order chi connectivity index (χ0) is 12.5. The van der Waals surface area contributed by atoms with Crippen LogP contribution in [0.1, 0.15) is 39.5 Å². The minimum atomic E-state index is 0.242. The number of amides is 1. The normalized spacial score (nSPS) is 18.9. The van der Waals surface area contributed by atoms with Crippen LogP contribution in [0.15, 0.2) is 0 Å². The van der Waals surface area contributed by atoms with E-state index in [-0.39, 0.29) is 5.91 Å². The zero-order valence-corrected chi connectivity index (χ0v) is 11.9. The van der Waals surface area contributed by atoms with E-state index in [1.165, 1.54) is 0 Å². The van der Waals surface area contributed by atoms with Gasteiger partial charge in [-0.2, -0.15) is 11.8 Å². The van der Waals surface area contributed by atoms with Gasteiger partial charge in [0.2, 0.25) is 5.91 Å². The Balaban J connectivity index is 2.10. The van der Waals surface area contributed by atoms with Gasteiger partial charge in [0.05, 0.1) is 0 Å². The molecule has 1 unspecified atom stereocenters. The lowest BCUT2D eigenvalue weighted by Gasteiger charge is -2.23. The molecule has 17 heavy (non-hydrogen) atoms. The highest BCUT2D eigenvalue weighted by molar-refractivity contribution is 7.99. The Hall–Kier alpha value is -0.220. The van der Waals surface area contributed by atoms with Crippen LogP contribution in [-0.4, -0.2) is 36.5 Å². The summed E-state index contributed by atoms with van der Waals surface area (Å²) in [6.07, 6.45) is 4.09. The fourth-order valence-corrected chi connectivity index (χ4v) is 2.97. The molecule has 0 radical (unpaired) electrons. The van der Waals surface area contributed by atoms with Gasteiger partial charge in [-0.3, -0.25) is 4.79 Å². The van der Waals surface area contributed by atoms with Gasteiger partial charge < -0.3 is 10.6 Å². The highest BCUT2D eigenvalue weighted by atomic mass is 32.2. The van der Waals surface area contributed by atoms with E-state index >= 15 is 0 Å². The second-order valence-corrected chi connectivity index (χ2v) is 6.25. The molecule has 0 aromatic rings. The number of nitrogens with one attached hydrogen (secondary N) is 2. The molecule has 0 spiro atoms. The molecule has 3 nitrogen and oxygen atoms in total. The van der Waals surface area contributed by atoms with E-state index in [9.17, 15) is 4.79 Å². The first-order valence-corrected chi connectivity index (χ1v) is 7.95. The maximum Gasteiger partial charge on any atom is 0.220 e. The predicted octanol–water partition coefficient (Wildman–Crippen LogP) is 2.02. The van der Waals surface area contributed by atoms with Crippen molar-refractivity contribution in [1.29, 1.82) is 0 Å². The lowest BCUT2D eigenvalue weighted by Crippen LogP contribution is -2.36. The van der Waals surface area contributed by atoms with Gasteiger partial charge >= 0.3 is 0 Å². The summed E-state index contributed by atoms with van der Waals surface area (Å²) in [5, 5.41) is 6.44. The average molecular weight is 258 g/mol. The first-order chi connectivity index (χ1) is 8.22. The van der Waals surface area contributed by atoms with E-state index in [0.29, 0.717) is 18.4 Å². The van der Waals surface area contributed by atoms with Gasteiger partial charge in [-0.25, -0.2) is 0 Å². The minimum Gasteiger partial charge on any atom is -0.354 e. The van der Waals surface area contributed by atoms with Crippen molar-refractivity contribution in [2.75, 3.05) is 24.6 Å². The van der Waals surface area contributed by atoms with Crippen LogP contribution in [0, 0.1) is 5.92 Å². The van der Waals surface area contributed by atoms with E-state index in [1.807, 2.05) is 11.8 Å². The third kappa shape index (κ3) is 6.94. The second kappa shape index (κ2) is 8.81. The van der Waals surface area contributed by atoms with Gasteiger partial charge in [-0.05, 0) is 56.7 Å². The molecular formula is C13H26N2OS. The molecule has 100 valence electrons. The van der Waals surface area contributed by atoms with Crippen molar-refractivity contribution in [3.05, 3.63) is 0 Å². The summed E-state index contributed by atoms with van der Waals surface area (Å²) in [4.78, 5) is 11.8. The predicted molar refractivity (Wildman–Crippen MR) is 75.4 cm³/mol. The Kier molecular flexibility index (Phi) is 7.69. The number of piperidine rings is 1. The molecule has 1 aliphatic rings. The largest absolute Gasteiger partial charge is 0.354 e. The lowest BCUT2D eigenvalue weighted by atomic mass is 9.94. The molecule has 0 aliphatic carbocycles. The van der Waals surface area contributed by atoms with Crippen LogP contribution in [0.25, 0.3) is 0 Å². The summed E-state index contributed by atoms with van der Waals surface area (Å²) in [6.45, 7) is 6.42. The van der Waals surface area contributed by atoms with Crippen molar-refractivity contribution in [3.8, 4) is 0 Å². The van der Waals surface area contributed by atoms with E-state index in [0.717, 1.165) is 43.9 Å². The molecule has 1 fully saturated rings. The summed E-state index contributed by atoms with van der Waals surface area (Å²) < 4.78 is 0. The first-order valence-electron chi connectivity index (χ1n) is 6.80. The molecule has 0 saturated carbocycles. The van der Waals surface area contributed by atoms with Crippen LogP contribution in [0.2, 0.25) is 0 Å². The molecule has 1 amide bonds. The summed E-state index contributed by atoms with van der Waals surface area (Å²) in [6, 6.07) is 0.322. The summed E-state index contributed by atoms with van der Waals surface area (Å²) >= 11 is 1.94. The number of thioether (sulfide) groups is 1. The fraction of sp³-hybridized carbons (Fsp3) is 0.923. The molecular weight excluding hydrogens is 232 g/mol. The van der Waals surface area contributed by atoms with E-state index < -0.39 is 0 Å². The van der Waals surface area contributed by atoms with Gasteiger partial charge in [0.15, 0.2) is 0 Å². The summed E-state index contributed by atoms with van der Waals surface area (Å²) in [5.74, 6) is 3.14. The maximum absolute atomic E-state index is 11.8. The Morgan fingerprint density at radius 3 is 2.82 bits per heavy atom. The summed E-state index contributed by atoms with van der Waals surface area (Å²) in [7, 11) is 0. The Bertz CT molecular complexity index is 217. The molecule has 0 aromatic heterocycles. The topological polar surface area (TPSA) is 41.1 Å². The molecule has 1 atom stereocenters. The van der Waals surface area contributed by atoms with Crippen LogP contribution < -0.4 is 10.6 Å². The Morgan fingerprint density at radius 1 is 1.47 bits per heavy atom. The Morgan fingerprint density at radius 2 is 2.18 bits per heavy atom. The SMILES string of the molecule is CCSCCC(C)NC(=O)CC1CCNCC1. The van der Waals surface area contributed by atoms with Crippen LogP contribution in [-0.2, 0) is 4.79 Å². The van der Waals surface area contributed by atoms with Crippen molar-refractivity contribution in [3.63, 3.8) is 0 Å². The van der Waals surface area contributed by atoms with Crippen molar-refractivity contribution in [2.45, 2.75) is 45.6 Å². The van der Waals surface area contributed by atoms with Crippen molar-refractivity contribution in [1.82, 2.24) is 10.6 Å². The standard InChI is InChI=1S/C13H26N2OS/c1-3-17-9-6-11(2)15-13(16)10-12-4-7-14-8-5-12/h11-12,14H,3-10H2,1-2H3,(H,15,16). The van der Waals surface area contributed by atoms with Crippen molar-refractivity contribution >= 4 is 17.7 Å². The molecule has 1 heterocycles. The molecule has 1 aliphatic heterocycles. The van der Waals surface area contributed by atoms with E-state index in [2.05, 4.69) is 24.5 Å². The highest BCUT2D eigenvalue weighted by Crippen LogP contribution is 2.15. The van der Waals surface area contributed by atoms with Gasteiger partial charge in [0, 0.05) is 12.5 Å². The second-order valence-electron chi connectivity index (χ2n) is 4.85. The van der Waals surface area contributed by atoms with Gasteiger partial charge in [-0.15, -0.1) is 0 Å². The zero-order valence-electron chi connectivity index (χ0n) is 11.1. The van der Waals surface area contributed by atoms with Crippen LogP contribution >= 0.6 is 11.8 Å². The quantitative estimate of drug-likeness (QED) is 0.687. The number of carbonyl (C=O) groups excluding carboxylic acids is 1. The molecule has 4 heteroatoms. The first kappa shape index (κ1) is 14.8. The van der Waals surface area contributed by atoms with E-state index in [4.69, 9.17) is 0 Å². The molecule has 0 bridgehead atoms. The molecule has 2 N–H and O–H groups in total. The fourth-order valence-electron chi connectivity index (χ4n) is 2.16. The van der Waals surface area contributed by atoms with Crippen LogP contribution in [0.4, 0.5) is 0 Å². The Labute approximate surface area is 109 Å². The maximum atomic E-state index is 11.8. The minimum absolute atomic E-state index is 0.242. The van der Waals surface area contributed by atoms with Crippen molar-refractivity contribution < 1.29 is 4.79 Å². The average Bonchev–Trinajstić information content (AvgIpc) is 2.30. The van der Waals surface area contributed by atoms with E-state index in [1.54, 1.807) is 0 Å². The van der Waals surface area contributed by atoms with Gasteiger partial charge in [-0.1, -0.05) is 6.92 Å². The highest BCUT2D eigenvalue weighted by Gasteiger charge is 2.17. The molecule has 1 rings (SSSR count). The number of rotatable bonds is 7. The number of hydrogen-bond donors (Lipinski definition) is 2. The van der Waals surface area contributed by atoms with Gasteiger partial charge in [0.25, 0.3) is 0 Å². The number of hydrogen-bond acceptors (Lipinski definition) is 3. The van der Waals surface area contributed by atoms with Gasteiger partial charge in [0.1, 0.15) is 0 Å². The third-order valence-corrected chi connectivity index (χ3v) is 4.17. The molecule has 0 aromatic carbocycles. The van der Waals surface area contributed by atoms with Crippen LogP contribution in [0.3, 0.4) is 0 Å². The third-order valence-electron chi connectivity index (χ3n) is 3.24. The number of carbonyl (C=O) groups is 1. The van der Waals surface area contributed by atoms with Crippen LogP contribution in [0.5, 0.6) is 0 Å². The lowest BCUT2D eigenvalue weighted by molar-refractivity contribution is -0.122. The smallest absolute Gasteiger partial charge is 0.220 e. The molecule has 1 saturated heterocycles. The van der Waals surface area contributed by atoms with Crippen molar-refractivity contribution in [2.24, 2.45) is 5.92 Å².